The lowest BCUT2D eigenvalue weighted by molar-refractivity contribution is -0.138. The molecule has 0 aliphatic rings. The summed E-state index contributed by atoms with van der Waals surface area (Å²) in [5, 5.41) is 0. The second-order valence-corrected chi connectivity index (χ2v) is 2.34. The monoisotopic (exact) mass is 186 g/mol. The Bertz CT molecular complexity index is 235. The van der Waals surface area contributed by atoms with Crippen LogP contribution in [-0.2, 0) is 4.94 Å². The van der Waals surface area contributed by atoms with Crippen LogP contribution >= 0.6 is 0 Å². The van der Waals surface area contributed by atoms with Gasteiger partial charge >= 0.3 is 0 Å². The van der Waals surface area contributed by atoms with Gasteiger partial charge in [0.15, 0.2) is 0 Å². The SMILES string of the molecule is COc1ccc(OCCOF)cc1. The highest BCUT2D eigenvalue weighted by Gasteiger charge is 1.94. The zero-order chi connectivity index (χ0) is 9.52. The normalized spacial score (nSPS) is 9.69. The predicted molar refractivity (Wildman–Crippen MR) is 45.5 cm³/mol. The molecule has 3 nitrogen and oxygen atoms in total. The smallest absolute Gasteiger partial charge is 0.122 e. The molecule has 0 bridgehead atoms. The van der Waals surface area contributed by atoms with Crippen LogP contribution in [0.2, 0.25) is 0 Å². The number of ether oxygens (including phenoxy) is 2. The Kier molecular flexibility index (Phi) is 4.05. The third kappa shape index (κ3) is 3.29. The van der Waals surface area contributed by atoms with Crippen LogP contribution in [0.25, 0.3) is 0 Å². The largest absolute Gasteiger partial charge is 0.497 e. The van der Waals surface area contributed by atoms with Crippen molar-refractivity contribution in [3.8, 4) is 11.5 Å². The lowest BCUT2D eigenvalue weighted by Crippen LogP contribution is -2.02. The molecule has 0 atom stereocenters. The van der Waals surface area contributed by atoms with Crippen LogP contribution < -0.4 is 9.47 Å². The molecule has 13 heavy (non-hydrogen) atoms. The molecule has 72 valence electrons. The second kappa shape index (κ2) is 5.37. The van der Waals surface area contributed by atoms with E-state index in [1.165, 1.54) is 0 Å². The van der Waals surface area contributed by atoms with Crippen molar-refractivity contribution in [2.24, 2.45) is 0 Å². The van der Waals surface area contributed by atoms with Gasteiger partial charge in [-0.25, -0.2) is 0 Å². The maximum Gasteiger partial charge on any atom is 0.122 e. The van der Waals surface area contributed by atoms with Crippen LogP contribution in [0.1, 0.15) is 0 Å². The third-order valence-electron chi connectivity index (χ3n) is 1.49. The molecule has 1 aromatic rings. The molecule has 0 aliphatic carbocycles. The first-order chi connectivity index (χ1) is 6.36. The minimum atomic E-state index is -0.0635. The zero-order valence-corrected chi connectivity index (χ0v) is 7.33. The molecular weight excluding hydrogens is 175 g/mol. The van der Waals surface area contributed by atoms with E-state index in [0.29, 0.717) is 5.75 Å². The molecular formula is C9H11FO3. The quantitative estimate of drug-likeness (QED) is 0.658. The first kappa shape index (κ1) is 9.80. The summed E-state index contributed by atoms with van der Waals surface area (Å²) in [6.45, 7) is 0.134. The summed E-state index contributed by atoms with van der Waals surface area (Å²) < 4.78 is 21.3. The van der Waals surface area contributed by atoms with E-state index in [-0.39, 0.29) is 13.2 Å². The summed E-state index contributed by atoms with van der Waals surface area (Å²) in [4.78, 5) is 3.36. The molecule has 0 amide bonds. The van der Waals surface area contributed by atoms with Crippen molar-refractivity contribution < 1.29 is 18.9 Å². The molecule has 4 heteroatoms. The Hall–Kier alpha value is -1.29. The summed E-state index contributed by atoms with van der Waals surface area (Å²) in [5.41, 5.74) is 0. The molecule has 0 unspecified atom stereocenters. The van der Waals surface area contributed by atoms with Gasteiger partial charge in [-0.05, 0) is 28.8 Å². The number of rotatable bonds is 5. The van der Waals surface area contributed by atoms with Crippen LogP contribution in [-0.4, -0.2) is 20.3 Å². The van der Waals surface area contributed by atoms with E-state index in [1.807, 2.05) is 0 Å². The Labute approximate surface area is 75.9 Å². The number of hydrogen-bond acceptors (Lipinski definition) is 3. The van der Waals surface area contributed by atoms with Gasteiger partial charge in [0.05, 0.1) is 7.11 Å². The zero-order valence-electron chi connectivity index (χ0n) is 7.33. The lowest BCUT2D eigenvalue weighted by atomic mass is 10.3. The van der Waals surface area contributed by atoms with Crippen molar-refractivity contribution in [3.05, 3.63) is 24.3 Å². The number of methoxy groups -OCH3 is 1. The fourth-order valence-electron chi connectivity index (χ4n) is 0.863. The summed E-state index contributed by atoms with van der Waals surface area (Å²) in [7, 11) is 1.59. The standard InChI is InChI=1S/C9H11FO3/c1-11-8-2-4-9(5-3-8)12-6-7-13-10/h2-5H,6-7H2,1H3. The number of benzene rings is 1. The van der Waals surface area contributed by atoms with E-state index in [0.717, 1.165) is 5.75 Å². The van der Waals surface area contributed by atoms with Crippen molar-refractivity contribution in [2.75, 3.05) is 20.3 Å². The Morgan fingerprint density at radius 3 is 2.23 bits per heavy atom. The van der Waals surface area contributed by atoms with Gasteiger partial charge in [0.2, 0.25) is 0 Å². The summed E-state index contributed by atoms with van der Waals surface area (Å²) >= 11 is 0. The minimum absolute atomic E-state index is 0.0635. The first-order valence-electron chi connectivity index (χ1n) is 3.87. The Morgan fingerprint density at radius 1 is 1.08 bits per heavy atom. The fourth-order valence-corrected chi connectivity index (χ4v) is 0.863. The molecule has 1 rings (SSSR count). The van der Waals surface area contributed by atoms with Crippen molar-refractivity contribution >= 4 is 0 Å². The van der Waals surface area contributed by atoms with E-state index < -0.39 is 0 Å². The van der Waals surface area contributed by atoms with Gasteiger partial charge in [-0.15, -0.1) is 0 Å². The molecule has 0 spiro atoms. The van der Waals surface area contributed by atoms with Gasteiger partial charge in [0.1, 0.15) is 24.7 Å². The van der Waals surface area contributed by atoms with Crippen molar-refractivity contribution in [1.29, 1.82) is 0 Å². The van der Waals surface area contributed by atoms with E-state index in [1.54, 1.807) is 31.4 Å². The van der Waals surface area contributed by atoms with Crippen molar-refractivity contribution in [3.63, 3.8) is 0 Å². The molecule has 0 aliphatic heterocycles. The molecule has 0 saturated carbocycles. The van der Waals surface area contributed by atoms with Crippen LogP contribution in [0.3, 0.4) is 0 Å². The third-order valence-corrected chi connectivity index (χ3v) is 1.49. The van der Waals surface area contributed by atoms with Gasteiger partial charge in [0.25, 0.3) is 0 Å². The summed E-state index contributed by atoms with van der Waals surface area (Å²) in [6, 6.07) is 7.03. The van der Waals surface area contributed by atoms with E-state index in [9.17, 15) is 4.53 Å². The molecule has 0 heterocycles. The first-order valence-corrected chi connectivity index (χ1v) is 3.87. The molecule has 0 aromatic heterocycles. The van der Waals surface area contributed by atoms with Crippen LogP contribution in [0, 0.1) is 0 Å². The van der Waals surface area contributed by atoms with E-state index in [2.05, 4.69) is 4.94 Å². The molecule has 0 radical (unpaired) electrons. The van der Waals surface area contributed by atoms with Crippen LogP contribution in [0.5, 0.6) is 11.5 Å². The molecule has 0 fully saturated rings. The number of hydrogen-bond donors (Lipinski definition) is 0. The minimum Gasteiger partial charge on any atom is -0.497 e. The maximum absolute atomic E-state index is 11.2. The van der Waals surface area contributed by atoms with Crippen molar-refractivity contribution in [1.82, 2.24) is 0 Å². The van der Waals surface area contributed by atoms with Gasteiger partial charge in [-0.1, -0.05) is 0 Å². The predicted octanol–water partition coefficient (Wildman–Crippen LogP) is 1.98. The van der Waals surface area contributed by atoms with Gasteiger partial charge in [-0.2, -0.15) is 4.94 Å². The Morgan fingerprint density at radius 2 is 1.69 bits per heavy atom. The topological polar surface area (TPSA) is 27.7 Å². The lowest BCUT2D eigenvalue weighted by Gasteiger charge is -2.04. The molecule has 0 saturated heterocycles. The fraction of sp³-hybridized carbons (Fsp3) is 0.333. The summed E-state index contributed by atoms with van der Waals surface area (Å²) in [5.74, 6) is 1.42. The highest BCUT2D eigenvalue weighted by Crippen LogP contribution is 2.16. The molecule has 0 N–H and O–H groups in total. The average Bonchev–Trinajstić information content (AvgIpc) is 2.19. The average molecular weight is 186 g/mol. The number of halogens is 1. The van der Waals surface area contributed by atoms with Crippen molar-refractivity contribution in [2.45, 2.75) is 0 Å². The van der Waals surface area contributed by atoms with Gasteiger partial charge < -0.3 is 9.47 Å². The Balaban J connectivity index is 2.40. The van der Waals surface area contributed by atoms with E-state index in [4.69, 9.17) is 9.47 Å². The highest BCUT2D eigenvalue weighted by molar-refractivity contribution is 5.30. The van der Waals surface area contributed by atoms with Gasteiger partial charge in [0, 0.05) is 0 Å². The molecule has 1 aromatic carbocycles. The summed E-state index contributed by atoms with van der Waals surface area (Å²) in [6.07, 6.45) is 0. The van der Waals surface area contributed by atoms with E-state index >= 15 is 0 Å². The van der Waals surface area contributed by atoms with Gasteiger partial charge in [-0.3, -0.25) is 0 Å². The maximum atomic E-state index is 11.2. The second-order valence-electron chi connectivity index (χ2n) is 2.34. The van der Waals surface area contributed by atoms with Crippen LogP contribution in [0.15, 0.2) is 24.3 Å². The highest BCUT2D eigenvalue weighted by atomic mass is 19.3. The van der Waals surface area contributed by atoms with Crippen LogP contribution in [0.4, 0.5) is 4.53 Å².